The molecule has 0 aromatic heterocycles. The van der Waals surface area contributed by atoms with Crippen molar-refractivity contribution in [2.75, 3.05) is 13.1 Å². The number of nitrogens with zero attached hydrogens (tertiary/aromatic N) is 1. The molecule has 0 aliphatic heterocycles. The molecule has 2 rings (SSSR count). The molecule has 1 atom stereocenters. The van der Waals surface area contributed by atoms with E-state index >= 15 is 0 Å². The highest BCUT2D eigenvalue weighted by Crippen LogP contribution is 2.35. The third-order valence-electron chi connectivity index (χ3n) is 3.76. The van der Waals surface area contributed by atoms with Crippen LogP contribution in [0.2, 0.25) is 0 Å². The second kappa shape index (κ2) is 6.64. The first kappa shape index (κ1) is 15.4. The van der Waals surface area contributed by atoms with Crippen LogP contribution in [0.4, 0.5) is 8.78 Å². The van der Waals surface area contributed by atoms with Gasteiger partial charge in [-0.1, -0.05) is 32.0 Å². The van der Waals surface area contributed by atoms with Crippen LogP contribution >= 0.6 is 0 Å². The molecule has 2 N–H and O–H groups in total. The largest absolute Gasteiger partial charge is 0.329 e. The van der Waals surface area contributed by atoms with Crippen LogP contribution in [0.25, 0.3) is 0 Å². The lowest BCUT2D eigenvalue weighted by atomic mass is 10.0. The first-order valence-corrected chi connectivity index (χ1v) is 7.36. The van der Waals surface area contributed by atoms with Crippen molar-refractivity contribution in [1.29, 1.82) is 0 Å². The molecule has 112 valence electrons. The minimum atomic E-state index is -2.42. The van der Waals surface area contributed by atoms with Crippen LogP contribution in [0.1, 0.15) is 50.3 Å². The van der Waals surface area contributed by atoms with Crippen LogP contribution in [0, 0.1) is 5.92 Å². The summed E-state index contributed by atoms with van der Waals surface area (Å²) in [5.74, 6) is 0.544. The minimum Gasteiger partial charge on any atom is -0.329 e. The number of alkyl halides is 2. The van der Waals surface area contributed by atoms with Gasteiger partial charge in [0.25, 0.3) is 6.43 Å². The molecule has 0 amide bonds. The van der Waals surface area contributed by atoms with E-state index in [1.807, 2.05) is 6.07 Å². The maximum atomic E-state index is 12.9. The number of nitrogens with two attached hydrogens (primary N) is 1. The van der Waals surface area contributed by atoms with E-state index in [0.29, 0.717) is 18.5 Å². The standard InChI is InChI=1S/C16H24F2N2/c1-11(2)10-20(14-6-7-14)15(9-19)12-4-3-5-13(8-12)16(17)18/h3-5,8,11,14-16H,6-7,9-10,19H2,1-2H3. The lowest BCUT2D eigenvalue weighted by molar-refractivity contribution is 0.149. The van der Waals surface area contributed by atoms with E-state index in [-0.39, 0.29) is 11.6 Å². The summed E-state index contributed by atoms with van der Waals surface area (Å²) in [6.07, 6.45) is -0.0388. The lowest BCUT2D eigenvalue weighted by Crippen LogP contribution is -2.38. The molecule has 1 aliphatic carbocycles. The van der Waals surface area contributed by atoms with Gasteiger partial charge in [0.15, 0.2) is 0 Å². The monoisotopic (exact) mass is 282 g/mol. The zero-order valence-corrected chi connectivity index (χ0v) is 12.2. The summed E-state index contributed by atoms with van der Waals surface area (Å²) in [4.78, 5) is 2.40. The molecular weight excluding hydrogens is 258 g/mol. The Morgan fingerprint density at radius 1 is 1.25 bits per heavy atom. The van der Waals surface area contributed by atoms with Gasteiger partial charge in [0.05, 0.1) is 0 Å². The van der Waals surface area contributed by atoms with E-state index in [2.05, 4.69) is 18.7 Å². The minimum absolute atomic E-state index is 0.0450. The van der Waals surface area contributed by atoms with E-state index in [0.717, 1.165) is 12.1 Å². The molecule has 20 heavy (non-hydrogen) atoms. The molecule has 1 fully saturated rings. The zero-order chi connectivity index (χ0) is 14.7. The van der Waals surface area contributed by atoms with Crippen molar-refractivity contribution in [2.45, 2.75) is 45.2 Å². The number of halogens is 2. The highest BCUT2D eigenvalue weighted by atomic mass is 19.3. The first-order chi connectivity index (χ1) is 9.52. The zero-order valence-electron chi connectivity index (χ0n) is 12.2. The maximum absolute atomic E-state index is 12.9. The van der Waals surface area contributed by atoms with Crippen LogP contribution in [0.3, 0.4) is 0 Å². The summed E-state index contributed by atoms with van der Waals surface area (Å²) < 4.78 is 25.7. The summed E-state index contributed by atoms with van der Waals surface area (Å²) in [5, 5.41) is 0. The van der Waals surface area contributed by atoms with Crippen LogP contribution in [-0.2, 0) is 0 Å². The molecule has 0 heterocycles. The summed E-state index contributed by atoms with van der Waals surface area (Å²) in [6, 6.07) is 7.33. The van der Waals surface area contributed by atoms with Gasteiger partial charge in [0, 0.05) is 30.7 Å². The summed E-state index contributed by atoms with van der Waals surface area (Å²) in [5.41, 5.74) is 6.94. The van der Waals surface area contributed by atoms with E-state index in [4.69, 9.17) is 5.73 Å². The van der Waals surface area contributed by atoms with Gasteiger partial charge in [0.2, 0.25) is 0 Å². The predicted octanol–water partition coefficient (Wildman–Crippen LogP) is 3.74. The molecule has 0 saturated heterocycles. The Bertz CT molecular complexity index is 430. The van der Waals surface area contributed by atoms with Crippen molar-refractivity contribution >= 4 is 0 Å². The van der Waals surface area contributed by atoms with Crippen molar-refractivity contribution in [1.82, 2.24) is 4.90 Å². The van der Waals surface area contributed by atoms with Gasteiger partial charge in [-0.3, -0.25) is 4.90 Å². The Hall–Kier alpha value is -1.00. The van der Waals surface area contributed by atoms with E-state index < -0.39 is 6.43 Å². The molecular formula is C16H24F2N2. The molecule has 1 aromatic rings. The molecule has 1 aromatic carbocycles. The van der Waals surface area contributed by atoms with Crippen LogP contribution in [0.5, 0.6) is 0 Å². The lowest BCUT2D eigenvalue weighted by Gasteiger charge is -2.33. The molecule has 4 heteroatoms. The molecule has 1 unspecified atom stereocenters. The molecule has 1 saturated carbocycles. The van der Waals surface area contributed by atoms with Gasteiger partial charge >= 0.3 is 0 Å². The van der Waals surface area contributed by atoms with Crippen LogP contribution in [0.15, 0.2) is 24.3 Å². The smallest absolute Gasteiger partial charge is 0.263 e. The third kappa shape index (κ3) is 3.76. The number of benzene rings is 1. The molecule has 0 radical (unpaired) electrons. The Morgan fingerprint density at radius 2 is 1.90 bits per heavy atom. The second-order valence-corrected chi connectivity index (χ2v) is 6.04. The fourth-order valence-electron chi connectivity index (χ4n) is 2.72. The molecule has 1 aliphatic rings. The normalized spacial score (nSPS) is 17.2. The van der Waals surface area contributed by atoms with Crippen LogP contribution in [-0.4, -0.2) is 24.0 Å². The van der Waals surface area contributed by atoms with E-state index in [1.165, 1.54) is 18.9 Å². The second-order valence-electron chi connectivity index (χ2n) is 6.04. The van der Waals surface area contributed by atoms with Gasteiger partial charge in [-0.25, -0.2) is 8.78 Å². The SMILES string of the molecule is CC(C)CN(C1CC1)C(CN)c1cccc(C(F)F)c1. The van der Waals surface area contributed by atoms with Crippen molar-refractivity contribution in [2.24, 2.45) is 11.7 Å². The Balaban J connectivity index is 2.22. The van der Waals surface area contributed by atoms with E-state index in [1.54, 1.807) is 12.1 Å². The average Bonchev–Trinajstić information content (AvgIpc) is 3.22. The van der Waals surface area contributed by atoms with Crippen molar-refractivity contribution in [3.63, 3.8) is 0 Å². The summed E-state index contributed by atoms with van der Waals surface area (Å²) in [7, 11) is 0. The quantitative estimate of drug-likeness (QED) is 0.825. The molecule has 2 nitrogen and oxygen atoms in total. The van der Waals surface area contributed by atoms with Crippen LogP contribution < -0.4 is 5.73 Å². The van der Waals surface area contributed by atoms with Crippen molar-refractivity contribution in [3.05, 3.63) is 35.4 Å². The molecule has 0 bridgehead atoms. The third-order valence-corrected chi connectivity index (χ3v) is 3.76. The van der Waals surface area contributed by atoms with Crippen molar-refractivity contribution < 1.29 is 8.78 Å². The highest BCUT2D eigenvalue weighted by molar-refractivity contribution is 5.27. The highest BCUT2D eigenvalue weighted by Gasteiger charge is 2.34. The van der Waals surface area contributed by atoms with E-state index in [9.17, 15) is 8.78 Å². The summed E-state index contributed by atoms with van der Waals surface area (Å²) >= 11 is 0. The van der Waals surface area contributed by atoms with Gasteiger partial charge < -0.3 is 5.73 Å². The number of hydrogen-bond acceptors (Lipinski definition) is 2. The topological polar surface area (TPSA) is 29.3 Å². The molecule has 0 spiro atoms. The Kier molecular flexibility index (Phi) is 5.11. The fraction of sp³-hybridized carbons (Fsp3) is 0.625. The Labute approximate surface area is 120 Å². The van der Waals surface area contributed by atoms with Gasteiger partial charge in [-0.05, 0) is 30.4 Å². The first-order valence-electron chi connectivity index (χ1n) is 7.36. The number of rotatable bonds is 7. The fourth-order valence-corrected chi connectivity index (χ4v) is 2.72. The van der Waals surface area contributed by atoms with Gasteiger partial charge in [-0.15, -0.1) is 0 Å². The van der Waals surface area contributed by atoms with Gasteiger partial charge in [-0.2, -0.15) is 0 Å². The predicted molar refractivity (Wildman–Crippen MR) is 77.8 cm³/mol. The van der Waals surface area contributed by atoms with Gasteiger partial charge in [0.1, 0.15) is 0 Å². The average molecular weight is 282 g/mol. The summed E-state index contributed by atoms with van der Waals surface area (Å²) in [6.45, 7) is 5.79. The number of hydrogen-bond donors (Lipinski definition) is 1. The maximum Gasteiger partial charge on any atom is 0.263 e. The van der Waals surface area contributed by atoms with Crippen molar-refractivity contribution in [3.8, 4) is 0 Å². The Morgan fingerprint density at radius 3 is 2.40 bits per heavy atom.